The van der Waals surface area contributed by atoms with E-state index in [0.717, 1.165) is 56.8 Å². The Bertz CT molecular complexity index is 741. The third-order valence-electron chi connectivity index (χ3n) is 8.42. The van der Waals surface area contributed by atoms with Crippen LogP contribution in [0.1, 0.15) is 72.1 Å². The van der Waals surface area contributed by atoms with Gasteiger partial charge >= 0.3 is 5.97 Å². The molecular formula is C25H34O3. The van der Waals surface area contributed by atoms with E-state index >= 15 is 0 Å². The van der Waals surface area contributed by atoms with Crippen molar-refractivity contribution in [1.29, 1.82) is 0 Å². The first-order chi connectivity index (χ1) is 13.5. The van der Waals surface area contributed by atoms with Crippen molar-refractivity contribution < 1.29 is 14.3 Å². The Morgan fingerprint density at radius 3 is 2.75 bits per heavy atom. The van der Waals surface area contributed by atoms with Gasteiger partial charge < -0.3 is 9.47 Å². The summed E-state index contributed by atoms with van der Waals surface area (Å²) in [5, 5.41) is 0. The van der Waals surface area contributed by atoms with Gasteiger partial charge in [-0.15, -0.1) is 6.42 Å². The molecule has 0 aromatic heterocycles. The van der Waals surface area contributed by atoms with Crippen molar-refractivity contribution in [1.82, 2.24) is 0 Å². The first kappa shape index (κ1) is 19.6. The molecule has 0 spiro atoms. The number of carbonyl (C=O) groups excluding carboxylic acids is 1. The minimum atomic E-state index is -0.707. The lowest BCUT2D eigenvalue weighted by Gasteiger charge is -2.55. The molecule has 0 heterocycles. The minimum Gasteiger partial charge on any atom is -0.498 e. The lowest BCUT2D eigenvalue weighted by Crippen LogP contribution is -2.54. The molecule has 0 N–H and O–H groups in total. The van der Waals surface area contributed by atoms with E-state index in [1.165, 1.54) is 25.3 Å². The Morgan fingerprint density at radius 2 is 2.07 bits per heavy atom. The molecule has 0 bridgehead atoms. The zero-order valence-electron chi connectivity index (χ0n) is 17.6. The number of terminal acetylenes is 1. The maximum absolute atomic E-state index is 11.9. The van der Waals surface area contributed by atoms with E-state index < -0.39 is 5.60 Å². The van der Waals surface area contributed by atoms with Crippen LogP contribution in [0.5, 0.6) is 0 Å². The van der Waals surface area contributed by atoms with E-state index in [1.807, 2.05) is 0 Å². The van der Waals surface area contributed by atoms with Crippen LogP contribution in [0, 0.1) is 41.4 Å². The van der Waals surface area contributed by atoms with E-state index in [-0.39, 0.29) is 11.4 Å². The van der Waals surface area contributed by atoms with Gasteiger partial charge in [-0.25, -0.2) is 0 Å². The molecule has 6 atom stereocenters. The fraction of sp³-hybridized carbons (Fsp3) is 0.720. The van der Waals surface area contributed by atoms with E-state index in [9.17, 15) is 4.79 Å². The zero-order chi connectivity index (χ0) is 19.9. The van der Waals surface area contributed by atoms with Gasteiger partial charge in [-0.05, 0) is 87.2 Å². The van der Waals surface area contributed by atoms with E-state index in [0.29, 0.717) is 17.8 Å². The van der Waals surface area contributed by atoms with Gasteiger partial charge in [0, 0.05) is 18.8 Å². The second-order valence-electron chi connectivity index (χ2n) is 9.21. The van der Waals surface area contributed by atoms with Gasteiger partial charge in [0.05, 0.1) is 12.4 Å². The van der Waals surface area contributed by atoms with Gasteiger partial charge in [0.15, 0.2) is 5.60 Å². The molecule has 0 amide bonds. The number of ether oxygens (including phenoxy) is 2. The molecule has 0 aliphatic heterocycles. The second-order valence-corrected chi connectivity index (χ2v) is 9.21. The molecule has 2 fully saturated rings. The van der Waals surface area contributed by atoms with Crippen molar-refractivity contribution in [3.05, 3.63) is 23.5 Å². The molecule has 0 unspecified atom stereocenters. The average Bonchev–Trinajstić information content (AvgIpc) is 3.02. The van der Waals surface area contributed by atoms with Crippen LogP contribution >= 0.6 is 0 Å². The third kappa shape index (κ3) is 2.75. The number of carbonyl (C=O) groups is 1. The van der Waals surface area contributed by atoms with Gasteiger partial charge in [-0.3, -0.25) is 4.79 Å². The fourth-order valence-electron chi connectivity index (χ4n) is 7.41. The highest BCUT2D eigenvalue weighted by Crippen LogP contribution is 2.66. The van der Waals surface area contributed by atoms with Gasteiger partial charge in [0.25, 0.3) is 0 Å². The average molecular weight is 383 g/mol. The number of hydrogen-bond acceptors (Lipinski definition) is 3. The first-order valence-corrected chi connectivity index (χ1v) is 11.2. The van der Waals surface area contributed by atoms with E-state index in [1.54, 1.807) is 0 Å². The lowest BCUT2D eigenvalue weighted by atomic mass is 9.50. The summed E-state index contributed by atoms with van der Waals surface area (Å²) in [6.07, 6.45) is 19.4. The standard InChI is InChI=1S/C25H34O3/c1-5-24-14-12-21-20-11-9-19(27-7-3)16-18(20)8-10-22(21)23(24)13-15-25(24,6-2)28-17(4)26/h2,8,16,20-23H,5,7,9-15H2,1,3-4H3/t20-,21+,22+,23-,24-,25+/m0/s1. The van der Waals surface area contributed by atoms with Crippen molar-refractivity contribution in [3.8, 4) is 12.3 Å². The molecule has 3 nitrogen and oxygen atoms in total. The first-order valence-electron chi connectivity index (χ1n) is 11.2. The molecule has 28 heavy (non-hydrogen) atoms. The normalized spacial score (nSPS) is 41.5. The monoisotopic (exact) mass is 382 g/mol. The SMILES string of the molecule is C#C[C@@]1(OC(C)=O)CC[C@H]2[C@@H]3CC=C4C=C(OCC)CC[C@@H]4[C@H]3CC[C@@]21CC. The highest BCUT2D eigenvalue weighted by atomic mass is 16.6. The summed E-state index contributed by atoms with van der Waals surface area (Å²) in [5.74, 6) is 6.52. The van der Waals surface area contributed by atoms with Crippen molar-refractivity contribution in [2.45, 2.75) is 77.7 Å². The van der Waals surface area contributed by atoms with Crippen LogP contribution in [-0.4, -0.2) is 18.2 Å². The maximum Gasteiger partial charge on any atom is 0.304 e. The highest BCUT2D eigenvalue weighted by Gasteiger charge is 2.65. The van der Waals surface area contributed by atoms with Gasteiger partial charge in [0.2, 0.25) is 0 Å². The summed E-state index contributed by atoms with van der Waals surface area (Å²) < 4.78 is 11.7. The second kappa shape index (κ2) is 7.29. The number of hydrogen-bond donors (Lipinski definition) is 0. The van der Waals surface area contributed by atoms with Crippen molar-refractivity contribution in [3.63, 3.8) is 0 Å². The summed E-state index contributed by atoms with van der Waals surface area (Å²) in [5.41, 5.74) is 0.740. The van der Waals surface area contributed by atoms with Crippen molar-refractivity contribution in [2.24, 2.45) is 29.1 Å². The summed E-state index contributed by atoms with van der Waals surface area (Å²) in [6, 6.07) is 0. The predicted molar refractivity (Wildman–Crippen MR) is 110 cm³/mol. The lowest BCUT2D eigenvalue weighted by molar-refractivity contribution is -0.170. The predicted octanol–water partition coefficient (Wildman–Crippen LogP) is 5.41. The topological polar surface area (TPSA) is 35.5 Å². The van der Waals surface area contributed by atoms with Crippen LogP contribution in [-0.2, 0) is 14.3 Å². The van der Waals surface area contributed by atoms with Crippen LogP contribution in [0.25, 0.3) is 0 Å². The Balaban J connectivity index is 1.65. The Labute approximate surface area is 169 Å². The molecule has 4 aliphatic carbocycles. The number of allylic oxidation sites excluding steroid dienone is 4. The van der Waals surface area contributed by atoms with Crippen LogP contribution in [0.15, 0.2) is 23.5 Å². The number of fused-ring (bicyclic) bond motifs is 5. The molecule has 2 saturated carbocycles. The molecule has 0 saturated heterocycles. The summed E-state index contributed by atoms with van der Waals surface area (Å²) in [6.45, 7) is 6.56. The minimum absolute atomic E-state index is 0.0546. The Morgan fingerprint density at radius 1 is 1.25 bits per heavy atom. The van der Waals surface area contributed by atoms with E-state index in [4.69, 9.17) is 15.9 Å². The molecule has 3 heteroatoms. The quantitative estimate of drug-likeness (QED) is 0.481. The number of esters is 1. The Hall–Kier alpha value is -1.69. The fourth-order valence-corrected chi connectivity index (χ4v) is 7.41. The molecule has 4 aliphatic rings. The molecule has 152 valence electrons. The van der Waals surface area contributed by atoms with Crippen LogP contribution in [0.2, 0.25) is 0 Å². The van der Waals surface area contributed by atoms with Crippen LogP contribution in [0.4, 0.5) is 0 Å². The highest BCUT2D eigenvalue weighted by molar-refractivity contribution is 5.67. The smallest absolute Gasteiger partial charge is 0.304 e. The van der Waals surface area contributed by atoms with Gasteiger partial charge in [-0.1, -0.05) is 18.9 Å². The third-order valence-corrected chi connectivity index (χ3v) is 8.42. The van der Waals surface area contributed by atoms with Crippen LogP contribution in [0.3, 0.4) is 0 Å². The number of rotatable bonds is 4. The summed E-state index contributed by atoms with van der Waals surface area (Å²) in [4.78, 5) is 11.9. The molecule has 4 rings (SSSR count). The van der Waals surface area contributed by atoms with Crippen molar-refractivity contribution in [2.75, 3.05) is 6.61 Å². The molecule has 0 aromatic carbocycles. The van der Waals surface area contributed by atoms with Gasteiger partial charge in [-0.2, -0.15) is 0 Å². The molecule has 0 radical (unpaired) electrons. The summed E-state index contributed by atoms with van der Waals surface area (Å²) >= 11 is 0. The van der Waals surface area contributed by atoms with Gasteiger partial charge in [0.1, 0.15) is 0 Å². The largest absolute Gasteiger partial charge is 0.498 e. The molecular weight excluding hydrogens is 348 g/mol. The summed E-state index contributed by atoms with van der Waals surface area (Å²) in [7, 11) is 0. The van der Waals surface area contributed by atoms with Crippen molar-refractivity contribution >= 4 is 5.97 Å². The zero-order valence-corrected chi connectivity index (χ0v) is 17.6. The van der Waals surface area contributed by atoms with E-state index in [2.05, 4.69) is 31.9 Å². The molecule has 0 aromatic rings. The Kier molecular flexibility index (Phi) is 5.10. The van der Waals surface area contributed by atoms with Crippen LogP contribution < -0.4 is 0 Å². The maximum atomic E-state index is 11.9.